The van der Waals surface area contributed by atoms with Crippen molar-refractivity contribution in [2.24, 2.45) is 17.6 Å². The zero-order valence-corrected chi connectivity index (χ0v) is 39.3. The number of nitrogens with two attached hydrogens (primary N) is 1. The Morgan fingerprint density at radius 1 is 1.02 bits per heavy atom. The maximum absolute atomic E-state index is 13.1. The number of hydrogen-bond acceptors (Lipinski definition) is 7. The number of halogens is 1. The van der Waals surface area contributed by atoms with Crippen molar-refractivity contribution < 1.29 is 19.1 Å². The molecule has 1 unspecified atom stereocenters. The van der Waals surface area contributed by atoms with Gasteiger partial charge >= 0.3 is 0 Å². The second-order valence-electron chi connectivity index (χ2n) is 15.7. The van der Waals surface area contributed by atoms with Crippen LogP contribution in [0, 0.1) is 18.8 Å². The van der Waals surface area contributed by atoms with Gasteiger partial charge in [-0.15, -0.1) is 0 Å². The van der Waals surface area contributed by atoms with Crippen LogP contribution in [0.5, 0.6) is 5.88 Å². The molecule has 0 saturated carbocycles. The summed E-state index contributed by atoms with van der Waals surface area (Å²) >= 11 is 7.03. The van der Waals surface area contributed by atoms with Crippen LogP contribution in [0.25, 0.3) is 22.4 Å². The maximum atomic E-state index is 13.1. The third-order valence-corrected chi connectivity index (χ3v) is 11.5. The predicted octanol–water partition coefficient (Wildman–Crippen LogP) is 10.9. The van der Waals surface area contributed by atoms with E-state index in [2.05, 4.69) is 57.9 Å². The molecule has 330 valence electrons. The van der Waals surface area contributed by atoms with Crippen molar-refractivity contribution in [1.29, 1.82) is 0 Å². The van der Waals surface area contributed by atoms with E-state index in [9.17, 15) is 14.4 Å². The Labute approximate surface area is 366 Å². The molecule has 11 heteroatoms. The van der Waals surface area contributed by atoms with Crippen molar-refractivity contribution in [3.63, 3.8) is 0 Å². The Kier molecular flexibility index (Phi) is 22.2. The van der Waals surface area contributed by atoms with Gasteiger partial charge in [0.15, 0.2) is 0 Å². The first kappa shape index (κ1) is 51.5. The lowest BCUT2D eigenvalue weighted by molar-refractivity contribution is -0.128. The molecule has 10 nitrogen and oxygen atoms in total. The first-order valence-corrected chi connectivity index (χ1v) is 22.1. The highest BCUT2D eigenvalue weighted by atomic mass is 35.5. The molecule has 0 bridgehead atoms. The number of nitrogens with one attached hydrogen (secondary N) is 2. The van der Waals surface area contributed by atoms with Crippen LogP contribution in [0.15, 0.2) is 66.6 Å². The average Bonchev–Trinajstić information content (AvgIpc) is 3.64. The van der Waals surface area contributed by atoms with Gasteiger partial charge in [-0.05, 0) is 86.7 Å². The summed E-state index contributed by atoms with van der Waals surface area (Å²) in [4.78, 5) is 44.5. The topological polar surface area (TPSA) is 130 Å². The fraction of sp³-hybridized carbons (Fsp3) is 0.510. The number of rotatable bonds is 13. The van der Waals surface area contributed by atoms with Gasteiger partial charge in [-0.25, -0.2) is 4.98 Å². The smallest absolute Gasteiger partial charge is 0.266 e. The lowest BCUT2D eigenvalue weighted by atomic mass is 9.95. The highest BCUT2D eigenvalue weighted by Crippen LogP contribution is 2.43. The van der Waals surface area contributed by atoms with E-state index in [4.69, 9.17) is 27.1 Å². The summed E-state index contributed by atoms with van der Waals surface area (Å²) in [6.07, 6.45) is 11.1. The van der Waals surface area contributed by atoms with Crippen LogP contribution in [0.1, 0.15) is 123 Å². The van der Waals surface area contributed by atoms with Gasteiger partial charge in [0, 0.05) is 55.1 Å². The van der Waals surface area contributed by atoms with E-state index in [0.717, 1.165) is 72.6 Å². The highest BCUT2D eigenvalue weighted by Gasteiger charge is 2.30. The molecule has 3 aromatic rings. The lowest BCUT2D eigenvalue weighted by Gasteiger charge is -2.31. The quantitative estimate of drug-likeness (QED) is 0.146. The molecular formula is C49H73ClN6O4. The Hall–Kier alpha value is -4.67. The molecule has 0 saturated heterocycles. The highest BCUT2D eigenvalue weighted by molar-refractivity contribution is 6.36. The van der Waals surface area contributed by atoms with Crippen LogP contribution >= 0.6 is 11.6 Å². The van der Waals surface area contributed by atoms with Crippen molar-refractivity contribution in [3.8, 4) is 28.3 Å². The van der Waals surface area contributed by atoms with Crippen molar-refractivity contribution in [2.45, 2.75) is 120 Å². The van der Waals surface area contributed by atoms with E-state index in [1.807, 2.05) is 64.1 Å². The summed E-state index contributed by atoms with van der Waals surface area (Å²) in [5.74, 6) is 1.95. The minimum absolute atomic E-state index is 0.0307. The second-order valence-corrected chi connectivity index (χ2v) is 16.1. The second kappa shape index (κ2) is 25.8. The molecule has 4 N–H and O–H groups in total. The van der Waals surface area contributed by atoms with Crippen LogP contribution in [0.2, 0.25) is 5.02 Å². The first-order chi connectivity index (χ1) is 28.6. The minimum atomic E-state index is -0.491. The van der Waals surface area contributed by atoms with Gasteiger partial charge in [-0.1, -0.05) is 123 Å². The number of methoxy groups -OCH3 is 1. The fourth-order valence-corrected chi connectivity index (χ4v) is 6.95. The average molecular weight is 846 g/mol. The van der Waals surface area contributed by atoms with Gasteiger partial charge in [0.1, 0.15) is 11.4 Å². The number of anilines is 1. The van der Waals surface area contributed by atoms with E-state index in [-0.39, 0.29) is 17.4 Å². The molecule has 3 atom stereocenters. The number of unbranched alkanes of at least 4 members (excludes halogenated alkanes) is 1. The van der Waals surface area contributed by atoms with Gasteiger partial charge in [0.2, 0.25) is 11.8 Å². The van der Waals surface area contributed by atoms with E-state index >= 15 is 0 Å². The van der Waals surface area contributed by atoms with Gasteiger partial charge in [0.05, 0.1) is 17.8 Å². The number of carbonyl (C=O) groups excluding carboxylic acids is 3. The molecule has 5 rings (SSSR count). The number of benzene rings is 2. The number of aromatic nitrogens is 1. The summed E-state index contributed by atoms with van der Waals surface area (Å²) in [5, 5.41) is 6.23. The molecule has 0 radical (unpaired) electrons. The SMILES string of the molecule is C=C1N(C)C=C(C(=O)Nc2cccc(-c3cccc(-c4cc5c(c(OC)n4)[C@H](C)CC5)c3Cl)c2C)C(=O)N1C.CCCC[C@H](C)CC.CCCN.CCNC(=O)C(C)CC. The molecule has 0 spiro atoms. The number of carbonyl (C=O) groups is 3. The first-order valence-electron chi connectivity index (χ1n) is 21.7. The zero-order chi connectivity index (χ0) is 45.1. The summed E-state index contributed by atoms with van der Waals surface area (Å²) in [6, 6.07) is 13.6. The van der Waals surface area contributed by atoms with Crippen molar-refractivity contribution in [1.82, 2.24) is 20.1 Å². The maximum Gasteiger partial charge on any atom is 0.266 e. The summed E-state index contributed by atoms with van der Waals surface area (Å²) in [7, 11) is 4.99. The summed E-state index contributed by atoms with van der Waals surface area (Å²) < 4.78 is 5.66. The lowest BCUT2D eigenvalue weighted by Crippen LogP contribution is -2.41. The van der Waals surface area contributed by atoms with Crippen molar-refractivity contribution >= 4 is 35.0 Å². The molecular weight excluding hydrogens is 772 g/mol. The Morgan fingerprint density at radius 3 is 2.23 bits per heavy atom. The standard InChI is InChI=1S/C31H31ClN4O3.C8H18.C7H15NO.C3H9N/c1-17-13-14-20-15-26(34-30(39-6)27(17)20)23-11-7-10-22(28(23)32)21-9-8-12-25(18(21)2)33-29(37)24-16-35(4)19(3)36(5)31(24)38;1-4-6-7-8(3)5-2;1-4-6(3)7(9)8-5-2;1-2-3-4/h7-12,15-17H,3,13-14H2,1-2,4-6H3,(H,33,37);8H,4-7H2,1-3H3;6H,4-5H2,1-3H3,(H,8,9);2-4H2,1H3/t17-;8-;;/m11../s1. The molecule has 0 fully saturated rings. The monoisotopic (exact) mass is 845 g/mol. The van der Waals surface area contributed by atoms with Gasteiger partial charge in [-0.3, -0.25) is 19.3 Å². The molecule has 3 amide bonds. The number of hydrogen-bond donors (Lipinski definition) is 3. The predicted molar refractivity (Wildman–Crippen MR) is 251 cm³/mol. The Morgan fingerprint density at radius 2 is 1.65 bits per heavy atom. The van der Waals surface area contributed by atoms with Crippen LogP contribution in [0.4, 0.5) is 5.69 Å². The third-order valence-electron chi connectivity index (χ3n) is 11.1. The van der Waals surface area contributed by atoms with Crippen LogP contribution in [-0.4, -0.2) is 66.8 Å². The van der Waals surface area contributed by atoms with Gasteiger partial charge < -0.3 is 26.0 Å². The molecule has 2 aromatic carbocycles. The molecule has 1 aliphatic carbocycles. The van der Waals surface area contributed by atoms with Crippen molar-refractivity contribution in [2.75, 3.05) is 39.6 Å². The largest absolute Gasteiger partial charge is 0.481 e. The number of likely N-dealkylation sites (N-methyl/N-ethyl adjacent to an activating group) is 1. The number of amides is 3. The van der Waals surface area contributed by atoms with E-state index < -0.39 is 11.8 Å². The number of aryl methyl sites for hydroxylation is 1. The zero-order valence-electron chi connectivity index (χ0n) is 38.6. The van der Waals surface area contributed by atoms with E-state index in [0.29, 0.717) is 28.3 Å². The van der Waals surface area contributed by atoms with Crippen LogP contribution in [0.3, 0.4) is 0 Å². The fourth-order valence-electron chi connectivity index (χ4n) is 6.62. The Balaban J connectivity index is 0.000000487. The molecule has 1 aromatic heterocycles. The summed E-state index contributed by atoms with van der Waals surface area (Å²) in [5.41, 5.74) is 12.2. The number of fused-ring (bicyclic) bond motifs is 1. The summed E-state index contributed by atoms with van der Waals surface area (Å²) in [6.45, 7) is 24.3. The van der Waals surface area contributed by atoms with Crippen molar-refractivity contribution in [3.05, 3.63) is 88.4 Å². The normalized spacial score (nSPS) is 15.2. The van der Waals surface area contributed by atoms with E-state index in [1.54, 1.807) is 26.1 Å². The van der Waals surface area contributed by atoms with E-state index in [1.165, 1.54) is 47.9 Å². The van der Waals surface area contributed by atoms with Crippen LogP contribution in [-0.2, 0) is 20.8 Å². The third kappa shape index (κ3) is 13.9. The van der Waals surface area contributed by atoms with Crippen LogP contribution < -0.4 is 21.1 Å². The number of nitrogens with zero attached hydrogens (tertiary/aromatic N) is 3. The molecule has 2 aliphatic rings. The molecule has 1 aliphatic heterocycles. The Bertz CT molecular complexity index is 1930. The number of pyridine rings is 1. The minimum Gasteiger partial charge on any atom is -0.481 e. The van der Waals surface area contributed by atoms with Gasteiger partial charge in [0.25, 0.3) is 11.8 Å². The number of ether oxygens (including phenoxy) is 1. The molecule has 2 heterocycles. The van der Waals surface area contributed by atoms with Gasteiger partial charge in [-0.2, -0.15) is 0 Å². The molecule has 60 heavy (non-hydrogen) atoms.